The summed E-state index contributed by atoms with van der Waals surface area (Å²) < 4.78 is 5.41. The second-order valence-corrected chi connectivity index (χ2v) is 9.49. The van der Waals surface area contributed by atoms with E-state index in [4.69, 9.17) is 4.52 Å². The Morgan fingerprint density at radius 2 is 1.76 bits per heavy atom. The highest BCUT2D eigenvalue weighted by atomic mass is 16.5. The molecule has 3 aromatic rings. The maximum Gasteiger partial charge on any atom is 0.260 e. The van der Waals surface area contributed by atoms with Gasteiger partial charge in [0.15, 0.2) is 5.82 Å². The number of para-hydroxylation sites is 1. The first kappa shape index (κ1) is 24.2. The first-order chi connectivity index (χ1) is 15.6. The number of hydrogen-bond donors (Lipinski definition) is 2. The maximum absolute atomic E-state index is 12.6. The number of rotatable bonds is 7. The third-order valence-electron chi connectivity index (χ3n) is 5.38. The van der Waals surface area contributed by atoms with Crippen LogP contribution in [0.25, 0.3) is 11.5 Å². The van der Waals surface area contributed by atoms with Crippen LogP contribution >= 0.6 is 0 Å². The summed E-state index contributed by atoms with van der Waals surface area (Å²) in [5.74, 6) is 0.704. The Morgan fingerprint density at radius 3 is 2.36 bits per heavy atom. The second kappa shape index (κ2) is 9.98. The molecule has 0 saturated heterocycles. The number of aromatic nitrogens is 2. The summed E-state index contributed by atoms with van der Waals surface area (Å²) in [6, 6.07) is 13.2. The monoisotopic (exact) mass is 448 g/mol. The van der Waals surface area contributed by atoms with Gasteiger partial charge in [0.25, 0.3) is 11.8 Å². The number of nitrogens with zero attached hydrogens (tertiary/aromatic N) is 2. The Hall–Kier alpha value is -3.48. The zero-order valence-corrected chi connectivity index (χ0v) is 20.2. The van der Waals surface area contributed by atoms with E-state index in [2.05, 4.69) is 41.5 Å². The van der Waals surface area contributed by atoms with E-state index >= 15 is 0 Å². The van der Waals surface area contributed by atoms with Crippen molar-refractivity contribution in [2.75, 3.05) is 11.9 Å². The van der Waals surface area contributed by atoms with Crippen LogP contribution in [-0.2, 0) is 10.2 Å². The Labute approximate surface area is 195 Å². The second-order valence-electron chi connectivity index (χ2n) is 9.49. The predicted molar refractivity (Wildman–Crippen MR) is 129 cm³/mol. The van der Waals surface area contributed by atoms with Crippen LogP contribution < -0.4 is 10.6 Å². The van der Waals surface area contributed by atoms with Crippen LogP contribution in [-0.4, -0.2) is 28.5 Å². The lowest BCUT2D eigenvalue weighted by Gasteiger charge is -2.19. The van der Waals surface area contributed by atoms with E-state index < -0.39 is 0 Å². The average Bonchev–Trinajstić information content (AvgIpc) is 3.25. The Morgan fingerprint density at radius 1 is 1.06 bits per heavy atom. The number of nitrogens with one attached hydrogen (secondary N) is 2. The van der Waals surface area contributed by atoms with Gasteiger partial charge in [-0.1, -0.05) is 64.0 Å². The molecule has 2 N–H and O–H groups in total. The number of carbonyl (C=O) groups excluding carboxylic acids is 2. The van der Waals surface area contributed by atoms with Crippen LogP contribution in [0.15, 0.2) is 47.0 Å². The number of anilines is 1. The molecular weight excluding hydrogens is 416 g/mol. The molecule has 0 atom stereocenters. The Balaban J connectivity index is 1.60. The van der Waals surface area contributed by atoms with Gasteiger partial charge < -0.3 is 15.2 Å². The maximum atomic E-state index is 12.6. The van der Waals surface area contributed by atoms with Gasteiger partial charge in [0.05, 0.1) is 11.3 Å². The van der Waals surface area contributed by atoms with Crippen LogP contribution in [0.3, 0.4) is 0 Å². The van der Waals surface area contributed by atoms with Crippen molar-refractivity contribution in [1.82, 2.24) is 15.5 Å². The minimum Gasteiger partial charge on any atom is -0.352 e. The molecule has 7 nitrogen and oxygen atoms in total. The van der Waals surface area contributed by atoms with Crippen molar-refractivity contribution in [2.45, 2.75) is 59.3 Å². The summed E-state index contributed by atoms with van der Waals surface area (Å²) in [5.41, 5.74) is 3.94. The van der Waals surface area contributed by atoms with E-state index in [0.717, 1.165) is 11.1 Å². The highest BCUT2D eigenvalue weighted by Gasteiger charge is 2.18. The van der Waals surface area contributed by atoms with Crippen LogP contribution in [0, 0.1) is 6.92 Å². The Bertz CT molecular complexity index is 1130. The van der Waals surface area contributed by atoms with E-state index in [-0.39, 0.29) is 36.1 Å². The molecule has 0 radical (unpaired) electrons. The van der Waals surface area contributed by atoms with Crippen LogP contribution in [0.1, 0.15) is 74.3 Å². The van der Waals surface area contributed by atoms with Crippen molar-refractivity contribution in [2.24, 2.45) is 0 Å². The summed E-state index contributed by atoms with van der Waals surface area (Å²) in [4.78, 5) is 29.5. The largest absolute Gasteiger partial charge is 0.352 e. The van der Waals surface area contributed by atoms with Crippen molar-refractivity contribution >= 4 is 17.5 Å². The minimum absolute atomic E-state index is 0.0269. The van der Waals surface area contributed by atoms with Crippen molar-refractivity contribution in [1.29, 1.82) is 0 Å². The summed E-state index contributed by atoms with van der Waals surface area (Å²) in [5, 5.41) is 9.76. The van der Waals surface area contributed by atoms with E-state index in [1.54, 1.807) is 0 Å². The van der Waals surface area contributed by atoms with Gasteiger partial charge >= 0.3 is 0 Å². The number of benzene rings is 2. The first-order valence-corrected chi connectivity index (χ1v) is 11.2. The Kier molecular flexibility index (Phi) is 7.31. The molecule has 2 amide bonds. The van der Waals surface area contributed by atoms with Gasteiger partial charge in [-0.25, -0.2) is 0 Å². The zero-order chi connectivity index (χ0) is 24.2. The molecule has 0 saturated carbocycles. The fraction of sp³-hybridized carbons (Fsp3) is 0.385. The van der Waals surface area contributed by atoms with E-state index in [0.29, 0.717) is 28.5 Å². The molecule has 0 aliphatic heterocycles. The molecule has 33 heavy (non-hydrogen) atoms. The number of hydrogen-bond acceptors (Lipinski definition) is 5. The quantitative estimate of drug-likeness (QED) is 0.516. The SMILES string of the molecule is Cc1cccc(-c2nc(C(C)C)no2)c1NC(=O)CCNC(=O)c1ccc(C(C)(C)C)cc1. The highest BCUT2D eigenvalue weighted by Crippen LogP contribution is 2.30. The third-order valence-corrected chi connectivity index (χ3v) is 5.38. The van der Waals surface area contributed by atoms with Crippen LogP contribution in [0.5, 0.6) is 0 Å². The minimum atomic E-state index is -0.211. The smallest absolute Gasteiger partial charge is 0.260 e. The lowest BCUT2D eigenvalue weighted by molar-refractivity contribution is -0.116. The van der Waals surface area contributed by atoms with Gasteiger partial charge in [-0.3, -0.25) is 9.59 Å². The first-order valence-electron chi connectivity index (χ1n) is 11.2. The molecule has 1 aromatic heterocycles. The molecular formula is C26H32N4O3. The molecule has 2 aromatic carbocycles. The normalized spacial score (nSPS) is 11.5. The lowest BCUT2D eigenvalue weighted by atomic mass is 9.87. The van der Waals surface area contributed by atoms with Gasteiger partial charge in [-0.05, 0) is 41.7 Å². The molecule has 0 aliphatic carbocycles. The molecule has 0 bridgehead atoms. The van der Waals surface area contributed by atoms with Gasteiger partial charge in [0.2, 0.25) is 5.91 Å². The highest BCUT2D eigenvalue weighted by molar-refractivity contribution is 5.97. The fourth-order valence-corrected chi connectivity index (χ4v) is 3.31. The van der Waals surface area contributed by atoms with Crippen molar-refractivity contribution in [3.63, 3.8) is 0 Å². The molecule has 0 fully saturated rings. The van der Waals surface area contributed by atoms with Crippen molar-refractivity contribution in [3.8, 4) is 11.5 Å². The number of carbonyl (C=O) groups is 2. The molecule has 1 heterocycles. The van der Waals surface area contributed by atoms with Crippen LogP contribution in [0.2, 0.25) is 0 Å². The molecule has 174 valence electrons. The van der Waals surface area contributed by atoms with E-state index in [1.807, 2.05) is 63.2 Å². The fourth-order valence-electron chi connectivity index (χ4n) is 3.31. The zero-order valence-electron chi connectivity index (χ0n) is 20.2. The summed E-state index contributed by atoms with van der Waals surface area (Å²) in [7, 11) is 0. The van der Waals surface area contributed by atoms with Gasteiger partial charge in [-0.2, -0.15) is 4.98 Å². The summed E-state index contributed by atoms with van der Waals surface area (Å²) in [6.07, 6.45) is 0.140. The number of amides is 2. The molecule has 0 aliphatic rings. The topological polar surface area (TPSA) is 97.1 Å². The molecule has 7 heteroatoms. The van der Waals surface area contributed by atoms with Gasteiger partial charge in [0.1, 0.15) is 0 Å². The van der Waals surface area contributed by atoms with Crippen molar-refractivity contribution < 1.29 is 14.1 Å². The van der Waals surface area contributed by atoms with Crippen LogP contribution in [0.4, 0.5) is 5.69 Å². The third kappa shape index (κ3) is 6.06. The number of aryl methyl sites for hydroxylation is 1. The van der Waals surface area contributed by atoms with Gasteiger partial charge in [0, 0.05) is 24.4 Å². The molecule has 0 spiro atoms. The summed E-state index contributed by atoms with van der Waals surface area (Å²) in [6.45, 7) is 12.5. The van der Waals surface area contributed by atoms with Crippen molar-refractivity contribution in [3.05, 3.63) is 65.0 Å². The predicted octanol–water partition coefficient (Wildman–Crippen LogP) is 5.22. The van der Waals surface area contributed by atoms with Gasteiger partial charge in [-0.15, -0.1) is 0 Å². The van der Waals surface area contributed by atoms with E-state index in [9.17, 15) is 9.59 Å². The lowest BCUT2D eigenvalue weighted by Crippen LogP contribution is -2.28. The summed E-state index contributed by atoms with van der Waals surface area (Å²) >= 11 is 0. The van der Waals surface area contributed by atoms with E-state index in [1.165, 1.54) is 0 Å². The molecule has 3 rings (SSSR count). The standard InChI is InChI=1S/C26H32N4O3/c1-16(2)23-29-25(33-30-23)20-9-7-8-17(3)22(20)28-21(31)14-15-27-24(32)18-10-12-19(13-11-18)26(4,5)6/h7-13,16H,14-15H2,1-6H3,(H,27,32)(H,28,31). The molecule has 0 unspecified atom stereocenters. The average molecular weight is 449 g/mol.